The van der Waals surface area contributed by atoms with Crippen LogP contribution in [0.15, 0.2) is 17.5 Å². The summed E-state index contributed by atoms with van der Waals surface area (Å²) in [6.07, 6.45) is 1.36. The Hall–Kier alpha value is -1.56. The number of hydrogen-bond donors (Lipinski definition) is 1. The van der Waals surface area contributed by atoms with E-state index in [2.05, 4.69) is 11.4 Å². The van der Waals surface area contributed by atoms with Crippen LogP contribution in [0.25, 0.3) is 0 Å². The van der Waals surface area contributed by atoms with Crippen LogP contribution in [-0.4, -0.2) is 54.0 Å². The van der Waals surface area contributed by atoms with Gasteiger partial charge in [0.15, 0.2) is 0 Å². The quantitative estimate of drug-likeness (QED) is 0.924. The van der Waals surface area contributed by atoms with E-state index in [4.69, 9.17) is 0 Å². The predicted molar refractivity (Wildman–Crippen MR) is 84.5 cm³/mol. The average Bonchev–Trinajstić information content (AvgIpc) is 2.97. The summed E-state index contributed by atoms with van der Waals surface area (Å²) in [4.78, 5) is 28.9. The Bertz CT molecular complexity index is 465. The fourth-order valence-electron chi connectivity index (χ4n) is 2.34. The Labute approximate surface area is 129 Å². The highest BCUT2D eigenvalue weighted by atomic mass is 32.1. The molecule has 1 fully saturated rings. The maximum absolute atomic E-state index is 12.2. The summed E-state index contributed by atoms with van der Waals surface area (Å²) in [5.41, 5.74) is 0. The van der Waals surface area contributed by atoms with Crippen molar-refractivity contribution in [3.05, 3.63) is 22.4 Å². The third-order valence-electron chi connectivity index (χ3n) is 3.50. The van der Waals surface area contributed by atoms with Crippen LogP contribution in [0.3, 0.4) is 0 Å². The van der Waals surface area contributed by atoms with E-state index in [1.165, 1.54) is 4.88 Å². The summed E-state index contributed by atoms with van der Waals surface area (Å²) >= 11 is 1.69. The molecule has 1 saturated heterocycles. The fraction of sp³-hybridized carbons (Fsp3) is 0.600. The van der Waals surface area contributed by atoms with Crippen LogP contribution in [0.4, 0.5) is 4.79 Å². The number of amides is 3. The van der Waals surface area contributed by atoms with E-state index < -0.39 is 0 Å². The Morgan fingerprint density at radius 1 is 1.24 bits per heavy atom. The van der Waals surface area contributed by atoms with Crippen molar-refractivity contribution in [1.29, 1.82) is 0 Å². The average molecular weight is 309 g/mol. The van der Waals surface area contributed by atoms with Crippen molar-refractivity contribution >= 4 is 23.3 Å². The van der Waals surface area contributed by atoms with Gasteiger partial charge in [0.1, 0.15) is 0 Å². The highest BCUT2D eigenvalue weighted by molar-refractivity contribution is 7.09. The lowest BCUT2D eigenvalue weighted by molar-refractivity contribution is -0.132. The van der Waals surface area contributed by atoms with Gasteiger partial charge in [-0.1, -0.05) is 6.07 Å². The predicted octanol–water partition coefficient (Wildman–Crippen LogP) is 1.94. The zero-order chi connectivity index (χ0) is 15.2. The number of hydrogen-bond acceptors (Lipinski definition) is 3. The Morgan fingerprint density at radius 2 is 1.90 bits per heavy atom. The first-order chi connectivity index (χ1) is 10.1. The molecule has 0 saturated carbocycles. The van der Waals surface area contributed by atoms with E-state index >= 15 is 0 Å². The zero-order valence-electron chi connectivity index (χ0n) is 12.7. The molecule has 2 rings (SSSR count). The Kier molecular flexibility index (Phi) is 5.61. The summed E-state index contributed by atoms with van der Waals surface area (Å²) in [6, 6.07) is 4.18. The molecule has 1 aliphatic heterocycles. The Balaban J connectivity index is 1.73. The number of aryl methyl sites for hydroxylation is 1. The van der Waals surface area contributed by atoms with Gasteiger partial charge in [-0.3, -0.25) is 4.79 Å². The molecule has 0 aliphatic carbocycles. The molecule has 0 spiro atoms. The number of carbonyl (C=O) groups is 2. The van der Waals surface area contributed by atoms with E-state index in [0.717, 1.165) is 6.42 Å². The second-order valence-corrected chi connectivity index (χ2v) is 6.58. The van der Waals surface area contributed by atoms with Gasteiger partial charge in [0.05, 0.1) is 0 Å². The summed E-state index contributed by atoms with van der Waals surface area (Å²) in [5.74, 6) is 0.187. The molecule has 1 aromatic heterocycles. The second-order valence-electron chi connectivity index (χ2n) is 5.55. The molecule has 21 heavy (non-hydrogen) atoms. The van der Waals surface area contributed by atoms with Crippen LogP contribution in [0.2, 0.25) is 0 Å². The first-order valence-electron chi connectivity index (χ1n) is 7.42. The highest BCUT2D eigenvalue weighted by Crippen LogP contribution is 2.12. The standard InChI is InChI=1S/C15H23N3O2S/c1-12(2)16-15(20)18-9-7-17(8-10-18)14(19)6-5-13-4-3-11-21-13/h3-4,11-12H,5-10H2,1-2H3,(H,16,20). The van der Waals surface area contributed by atoms with Gasteiger partial charge < -0.3 is 15.1 Å². The van der Waals surface area contributed by atoms with E-state index in [1.807, 2.05) is 30.2 Å². The summed E-state index contributed by atoms with van der Waals surface area (Å²) in [6.45, 7) is 6.39. The van der Waals surface area contributed by atoms with E-state index in [9.17, 15) is 9.59 Å². The maximum atomic E-state index is 12.2. The van der Waals surface area contributed by atoms with Crippen molar-refractivity contribution in [2.45, 2.75) is 32.7 Å². The van der Waals surface area contributed by atoms with Gasteiger partial charge in [-0.25, -0.2) is 4.79 Å². The zero-order valence-corrected chi connectivity index (χ0v) is 13.5. The van der Waals surface area contributed by atoms with E-state index in [0.29, 0.717) is 32.6 Å². The van der Waals surface area contributed by atoms with Gasteiger partial charge in [-0.2, -0.15) is 0 Å². The van der Waals surface area contributed by atoms with E-state index in [-0.39, 0.29) is 18.0 Å². The van der Waals surface area contributed by atoms with Crippen molar-refractivity contribution in [1.82, 2.24) is 15.1 Å². The molecule has 1 N–H and O–H groups in total. The number of thiophene rings is 1. The van der Waals surface area contributed by atoms with Crippen LogP contribution in [0, 0.1) is 0 Å². The van der Waals surface area contributed by atoms with Gasteiger partial charge in [0, 0.05) is 43.5 Å². The Morgan fingerprint density at radius 3 is 2.48 bits per heavy atom. The molecule has 0 unspecified atom stereocenters. The lowest BCUT2D eigenvalue weighted by atomic mass is 10.2. The highest BCUT2D eigenvalue weighted by Gasteiger charge is 2.24. The van der Waals surface area contributed by atoms with Gasteiger partial charge in [-0.15, -0.1) is 11.3 Å². The molecule has 3 amide bonds. The molecular weight excluding hydrogens is 286 g/mol. The second kappa shape index (κ2) is 7.45. The summed E-state index contributed by atoms with van der Waals surface area (Å²) < 4.78 is 0. The smallest absolute Gasteiger partial charge is 0.317 e. The van der Waals surface area contributed by atoms with E-state index in [1.54, 1.807) is 16.2 Å². The first kappa shape index (κ1) is 15.8. The molecular formula is C15H23N3O2S. The monoisotopic (exact) mass is 309 g/mol. The lowest BCUT2D eigenvalue weighted by Gasteiger charge is -2.35. The molecule has 0 radical (unpaired) electrons. The number of carbonyl (C=O) groups excluding carboxylic acids is 2. The third-order valence-corrected chi connectivity index (χ3v) is 4.43. The summed E-state index contributed by atoms with van der Waals surface area (Å²) in [5, 5.41) is 4.92. The van der Waals surface area contributed by atoms with Gasteiger partial charge in [0.2, 0.25) is 5.91 Å². The van der Waals surface area contributed by atoms with Crippen LogP contribution < -0.4 is 5.32 Å². The molecule has 6 heteroatoms. The number of rotatable bonds is 4. The number of urea groups is 1. The lowest BCUT2D eigenvalue weighted by Crippen LogP contribution is -2.54. The largest absolute Gasteiger partial charge is 0.339 e. The number of piperazine rings is 1. The molecule has 0 bridgehead atoms. The fourth-order valence-corrected chi connectivity index (χ4v) is 3.05. The summed E-state index contributed by atoms with van der Waals surface area (Å²) in [7, 11) is 0. The normalized spacial score (nSPS) is 15.4. The minimum absolute atomic E-state index is 0.0318. The van der Waals surface area contributed by atoms with Crippen LogP contribution >= 0.6 is 11.3 Å². The van der Waals surface area contributed by atoms with Gasteiger partial charge in [0.25, 0.3) is 0 Å². The minimum Gasteiger partial charge on any atom is -0.339 e. The van der Waals surface area contributed by atoms with Crippen LogP contribution in [0.1, 0.15) is 25.1 Å². The third kappa shape index (κ3) is 4.74. The van der Waals surface area contributed by atoms with Gasteiger partial charge in [-0.05, 0) is 31.7 Å². The van der Waals surface area contributed by atoms with Gasteiger partial charge >= 0.3 is 6.03 Å². The maximum Gasteiger partial charge on any atom is 0.317 e. The number of nitrogens with one attached hydrogen (secondary N) is 1. The topological polar surface area (TPSA) is 52.7 Å². The molecule has 116 valence electrons. The molecule has 2 heterocycles. The minimum atomic E-state index is -0.0318. The van der Waals surface area contributed by atoms with Crippen molar-refractivity contribution < 1.29 is 9.59 Å². The molecule has 0 atom stereocenters. The van der Waals surface area contributed by atoms with Crippen molar-refractivity contribution in [3.8, 4) is 0 Å². The van der Waals surface area contributed by atoms with Crippen LogP contribution in [-0.2, 0) is 11.2 Å². The SMILES string of the molecule is CC(C)NC(=O)N1CCN(C(=O)CCc2cccs2)CC1. The molecule has 0 aromatic carbocycles. The number of nitrogens with zero attached hydrogens (tertiary/aromatic N) is 2. The van der Waals surface area contributed by atoms with Crippen LogP contribution in [0.5, 0.6) is 0 Å². The van der Waals surface area contributed by atoms with Crippen molar-refractivity contribution in [2.75, 3.05) is 26.2 Å². The van der Waals surface area contributed by atoms with Crippen molar-refractivity contribution in [3.63, 3.8) is 0 Å². The molecule has 1 aliphatic rings. The van der Waals surface area contributed by atoms with Crippen molar-refractivity contribution in [2.24, 2.45) is 0 Å². The molecule has 1 aromatic rings. The first-order valence-corrected chi connectivity index (χ1v) is 8.30. The molecule has 5 nitrogen and oxygen atoms in total.